The number of rotatable bonds is 6. The lowest BCUT2D eigenvalue weighted by Crippen LogP contribution is -2.25. The lowest BCUT2D eigenvalue weighted by molar-refractivity contribution is -0.135. The van der Waals surface area contributed by atoms with Crippen molar-refractivity contribution in [2.45, 2.75) is 18.3 Å². The zero-order valence-corrected chi connectivity index (χ0v) is 19.0. The van der Waals surface area contributed by atoms with Gasteiger partial charge in [0, 0.05) is 23.7 Å². The molecule has 7 nitrogen and oxygen atoms in total. The van der Waals surface area contributed by atoms with Gasteiger partial charge in [-0.3, -0.25) is 9.36 Å². The summed E-state index contributed by atoms with van der Waals surface area (Å²) in [6.45, 7) is 1.41. The molecule has 0 radical (unpaired) electrons. The summed E-state index contributed by atoms with van der Waals surface area (Å²) in [5.41, 5.74) is 2.51. The Morgan fingerprint density at radius 1 is 0.971 bits per heavy atom. The van der Waals surface area contributed by atoms with Crippen LogP contribution in [0, 0.1) is 5.82 Å². The zero-order chi connectivity index (χ0) is 23.5. The molecule has 5 rings (SSSR count). The van der Waals surface area contributed by atoms with Gasteiger partial charge in [0.1, 0.15) is 5.82 Å². The number of hydrogen-bond donors (Lipinski definition) is 0. The van der Waals surface area contributed by atoms with Gasteiger partial charge < -0.3 is 4.74 Å². The molecule has 170 valence electrons. The van der Waals surface area contributed by atoms with Crippen molar-refractivity contribution in [1.29, 1.82) is 0 Å². The second-order valence-corrected chi connectivity index (χ2v) is 8.45. The fourth-order valence-corrected chi connectivity index (χ4v) is 4.38. The van der Waals surface area contributed by atoms with Crippen LogP contribution in [0.3, 0.4) is 0 Å². The molecule has 1 aromatic heterocycles. The maximum Gasteiger partial charge on any atom is 0.243 e. The minimum atomic E-state index is -0.736. The highest BCUT2D eigenvalue weighted by Crippen LogP contribution is 2.32. The Balaban J connectivity index is 1.41. The van der Waals surface area contributed by atoms with Crippen molar-refractivity contribution < 1.29 is 13.9 Å². The van der Waals surface area contributed by atoms with Crippen LogP contribution in [0.2, 0.25) is 0 Å². The average Bonchev–Trinajstić information content (AvgIpc) is 3.49. The summed E-state index contributed by atoms with van der Waals surface area (Å²) in [5, 5.41) is 15.1. The number of aromatic nitrogens is 3. The number of benzene rings is 3. The highest BCUT2D eigenvalue weighted by atomic mass is 32.2. The molecule has 4 aromatic rings. The Labute approximate surface area is 199 Å². The van der Waals surface area contributed by atoms with Crippen molar-refractivity contribution in [2.75, 3.05) is 5.75 Å². The molecule has 0 N–H and O–H groups in total. The van der Waals surface area contributed by atoms with E-state index in [1.54, 1.807) is 12.1 Å². The van der Waals surface area contributed by atoms with Crippen molar-refractivity contribution >= 4 is 23.6 Å². The quantitative estimate of drug-likeness (QED) is 0.366. The van der Waals surface area contributed by atoms with E-state index in [0.717, 1.165) is 17.1 Å². The van der Waals surface area contributed by atoms with Gasteiger partial charge in [0.25, 0.3) is 0 Å². The molecule has 0 aliphatic carbocycles. The van der Waals surface area contributed by atoms with Crippen LogP contribution in [0.5, 0.6) is 0 Å². The fourth-order valence-electron chi connectivity index (χ4n) is 3.58. The van der Waals surface area contributed by atoms with Crippen molar-refractivity contribution in [3.05, 3.63) is 96.3 Å². The van der Waals surface area contributed by atoms with Gasteiger partial charge in [-0.15, -0.1) is 15.3 Å². The lowest BCUT2D eigenvalue weighted by atomic mass is 10.2. The molecule has 1 atom stereocenters. The Morgan fingerprint density at radius 2 is 1.65 bits per heavy atom. The molecule has 34 heavy (non-hydrogen) atoms. The number of carbonyl (C=O) groups is 1. The zero-order valence-electron chi connectivity index (χ0n) is 18.2. The van der Waals surface area contributed by atoms with E-state index in [1.165, 1.54) is 35.8 Å². The van der Waals surface area contributed by atoms with E-state index >= 15 is 0 Å². The molecule has 0 fully saturated rings. The van der Waals surface area contributed by atoms with Gasteiger partial charge in [-0.05, 0) is 24.3 Å². The van der Waals surface area contributed by atoms with Crippen LogP contribution in [-0.4, -0.2) is 37.3 Å². The summed E-state index contributed by atoms with van der Waals surface area (Å²) < 4.78 is 21.3. The van der Waals surface area contributed by atoms with Crippen LogP contribution >= 0.6 is 11.8 Å². The molecule has 1 aliphatic rings. The first-order valence-corrected chi connectivity index (χ1v) is 11.6. The number of ether oxygens (including phenoxy) is 1. The Kier molecular flexibility index (Phi) is 6.09. The van der Waals surface area contributed by atoms with Gasteiger partial charge in [-0.25, -0.2) is 4.39 Å². The average molecular weight is 474 g/mol. The first kappa shape index (κ1) is 21.8. The van der Waals surface area contributed by atoms with E-state index in [1.807, 2.05) is 65.2 Å². The smallest absolute Gasteiger partial charge is 0.243 e. The summed E-state index contributed by atoms with van der Waals surface area (Å²) >= 11 is 1.40. The first-order chi connectivity index (χ1) is 16.6. The number of halogens is 1. The summed E-state index contributed by atoms with van der Waals surface area (Å²) in [6.07, 6.45) is -0.736. The second kappa shape index (κ2) is 9.48. The summed E-state index contributed by atoms with van der Waals surface area (Å²) in [5.74, 6) is 0.799. The predicted molar refractivity (Wildman–Crippen MR) is 128 cm³/mol. The number of nitrogens with zero attached hydrogens (tertiary/aromatic N) is 5. The Hall–Kier alpha value is -3.98. The number of carbonyl (C=O) groups excluding carboxylic acids is 1. The van der Waals surface area contributed by atoms with Gasteiger partial charge in [0.2, 0.25) is 18.0 Å². The Morgan fingerprint density at radius 3 is 2.32 bits per heavy atom. The van der Waals surface area contributed by atoms with Gasteiger partial charge in [-0.2, -0.15) is 5.01 Å². The monoisotopic (exact) mass is 473 g/mol. The molecule has 2 heterocycles. The highest BCUT2D eigenvalue weighted by Gasteiger charge is 2.32. The van der Waals surface area contributed by atoms with Crippen LogP contribution < -0.4 is 0 Å². The van der Waals surface area contributed by atoms with Crippen LogP contribution in [0.25, 0.3) is 17.1 Å². The summed E-state index contributed by atoms with van der Waals surface area (Å²) in [6, 6.07) is 25.5. The van der Waals surface area contributed by atoms with Crippen LogP contribution in [0.4, 0.5) is 4.39 Å². The molecule has 0 bridgehead atoms. The highest BCUT2D eigenvalue weighted by molar-refractivity contribution is 7.99. The minimum Gasteiger partial charge on any atom is -0.449 e. The van der Waals surface area contributed by atoms with Gasteiger partial charge >= 0.3 is 0 Å². The van der Waals surface area contributed by atoms with Crippen LogP contribution in [0.15, 0.2) is 95.2 Å². The van der Waals surface area contributed by atoms with Crippen molar-refractivity contribution in [3.63, 3.8) is 0 Å². The molecule has 3 aromatic carbocycles. The molecule has 9 heteroatoms. The van der Waals surface area contributed by atoms with E-state index in [2.05, 4.69) is 15.3 Å². The topological polar surface area (TPSA) is 72.6 Å². The maximum absolute atomic E-state index is 13.3. The lowest BCUT2D eigenvalue weighted by Gasteiger charge is -2.19. The number of hydrogen-bond acceptors (Lipinski definition) is 6. The van der Waals surface area contributed by atoms with Crippen molar-refractivity contribution in [3.8, 4) is 17.1 Å². The van der Waals surface area contributed by atoms with Gasteiger partial charge in [0.05, 0.1) is 5.75 Å². The minimum absolute atomic E-state index is 0.270. The Bertz CT molecular complexity index is 1330. The van der Waals surface area contributed by atoms with E-state index in [-0.39, 0.29) is 11.7 Å². The van der Waals surface area contributed by atoms with E-state index < -0.39 is 6.23 Å². The predicted octanol–water partition coefficient (Wildman–Crippen LogP) is 5.06. The largest absolute Gasteiger partial charge is 0.449 e. The fraction of sp³-hybridized carbons (Fsp3) is 0.120. The van der Waals surface area contributed by atoms with Crippen LogP contribution in [0.1, 0.15) is 18.7 Å². The third kappa shape index (κ3) is 4.42. The third-order valence-corrected chi connectivity index (χ3v) is 6.09. The number of hydrazone groups is 1. The molecule has 0 saturated carbocycles. The van der Waals surface area contributed by atoms with E-state index in [9.17, 15) is 9.18 Å². The molecular weight excluding hydrogens is 453 g/mol. The summed E-state index contributed by atoms with van der Waals surface area (Å²) in [7, 11) is 0. The standard InChI is InChI=1S/C25H20FN5O2S/c1-17(32)31-24(19-12-14-20(26)15-13-19)33-22(29-31)16-34-25-28-27-23(18-8-4-2-5-9-18)30(25)21-10-6-3-7-11-21/h2-15,24H,16H2,1H3/t24-/m1/s1. The number of amides is 1. The SMILES string of the molecule is CC(=O)N1N=C(CSc2nnc(-c3ccccc3)n2-c2ccccc2)O[C@@H]1c1ccc(F)cc1. The molecule has 0 saturated heterocycles. The second-order valence-electron chi connectivity index (χ2n) is 7.51. The molecule has 1 aliphatic heterocycles. The van der Waals surface area contributed by atoms with Gasteiger partial charge in [0.15, 0.2) is 11.0 Å². The molecule has 0 spiro atoms. The van der Waals surface area contributed by atoms with Crippen molar-refractivity contribution in [1.82, 2.24) is 19.8 Å². The first-order valence-electron chi connectivity index (χ1n) is 10.6. The maximum atomic E-state index is 13.3. The molecule has 0 unspecified atom stereocenters. The van der Waals surface area contributed by atoms with E-state index in [0.29, 0.717) is 22.4 Å². The third-order valence-electron chi connectivity index (χ3n) is 5.17. The normalized spacial score (nSPS) is 15.2. The number of thioether (sulfide) groups is 1. The summed E-state index contributed by atoms with van der Waals surface area (Å²) in [4.78, 5) is 12.1. The molecular formula is C25H20FN5O2S. The van der Waals surface area contributed by atoms with E-state index in [4.69, 9.17) is 4.74 Å². The van der Waals surface area contributed by atoms with Crippen molar-refractivity contribution in [2.24, 2.45) is 5.10 Å². The van der Waals surface area contributed by atoms with Crippen LogP contribution in [-0.2, 0) is 9.53 Å². The van der Waals surface area contributed by atoms with Gasteiger partial charge in [-0.1, -0.05) is 72.4 Å². The molecule has 1 amide bonds. The number of para-hydroxylation sites is 1.